The molecule has 1 atom stereocenters. The fraction of sp³-hybridized carbons (Fsp3) is 0.591. The zero-order chi connectivity index (χ0) is 21.0. The summed E-state index contributed by atoms with van der Waals surface area (Å²) in [7, 11) is 1.75. The number of rotatable bonds is 7. The van der Waals surface area contributed by atoms with Crippen LogP contribution in [0.3, 0.4) is 0 Å². The van der Waals surface area contributed by atoms with Crippen LogP contribution in [0.4, 0.5) is 9.18 Å². The van der Waals surface area contributed by atoms with Gasteiger partial charge in [-0.1, -0.05) is 51.2 Å². The van der Waals surface area contributed by atoms with Crippen LogP contribution in [-0.2, 0) is 15.1 Å². The standard InChI is InChI=1S/C22H30FN3O3/c1-3-4-14-22(16-10-12-17(23)13-11-16)20(28)26(21(29)24-22)15-19(27)25(2)18-8-6-5-7-9-18/h10-13,18H,3-9,14-15H2,1-2H3,(H,24,29). The minimum atomic E-state index is -1.25. The molecule has 0 aromatic heterocycles. The van der Waals surface area contributed by atoms with Crippen LogP contribution in [0.5, 0.6) is 0 Å². The van der Waals surface area contributed by atoms with Gasteiger partial charge in [0.2, 0.25) is 5.91 Å². The molecular formula is C22H30FN3O3. The number of nitrogens with zero attached hydrogens (tertiary/aromatic N) is 2. The van der Waals surface area contributed by atoms with E-state index in [1.807, 2.05) is 6.92 Å². The van der Waals surface area contributed by atoms with E-state index in [0.29, 0.717) is 18.4 Å². The monoisotopic (exact) mass is 403 g/mol. The van der Waals surface area contributed by atoms with E-state index in [1.54, 1.807) is 11.9 Å². The van der Waals surface area contributed by atoms with Crippen molar-refractivity contribution in [2.24, 2.45) is 0 Å². The van der Waals surface area contributed by atoms with Crippen LogP contribution in [0.2, 0.25) is 0 Å². The van der Waals surface area contributed by atoms with E-state index >= 15 is 0 Å². The Bertz CT molecular complexity index is 761. The van der Waals surface area contributed by atoms with Gasteiger partial charge in [0.05, 0.1) is 0 Å². The molecule has 7 heteroatoms. The van der Waals surface area contributed by atoms with Crippen molar-refractivity contribution in [2.45, 2.75) is 69.9 Å². The highest BCUT2D eigenvalue weighted by Gasteiger charge is 2.52. The number of nitrogens with one attached hydrogen (secondary N) is 1. The second kappa shape index (κ2) is 8.93. The molecule has 2 aliphatic rings. The molecule has 1 unspecified atom stereocenters. The smallest absolute Gasteiger partial charge is 0.325 e. The van der Waals surface area contributed by atoms with Crippen molar-refractivity contribution in [3.05, 3.63) is 35.6 Å². The Morgan fingerprint density at radius 2 is 1.86 bits per heavy atom. The number of halogens is 1. The first kappa shape index (κ1) is 21.3. The lowest BCUT2D eigenvalue weighted by atomic mass is 9.84. The lowest BCUT2D eigenvalue weighted by Crippen LogP contribution is -2.47. The molecule has 0 radical (unpaired) electrons. The van der Waals surface area contributed by atoms with E-state index in [9.17, 15) is 18.8 Å². The zero-order valence-electron chi connectivity index (χ0n) is 17.2. The minimum absolute atomic E-state index is 0.166. The number of imide groups is 1. The SMILES string of the molecule is CCCCC1(c2ccc(F)cc2)NC(=O)N(CC(=O)N(C)C2CCCCC2)C1=O. The summed E-state index contributed by atoms with van der Waals surface area (Å²) < 4.78 is 13.4. The molecule has 2 fully saturated rings. The van der Waals surface area contributed by atoms with E-state index in [0.717, 1.165) is 37.0 Å². The molecule has 1 aromatic carbocycles. The third kappa shape index (κ3) is 4.28. The number of likely N-dealkylation sites (N-methyl/N-ethyl adjacent to an activating group) is 1. The number of carbonyl (C=O) groups excluding carboxylic acids is 3. The van der Waals surface area contributed by atoms with Gasteiger partial charge in [0, 0.05) is 13.1 Å². The van der Waals surface area contributed by atoms with Crippen LogP contribution in [0.15, 0.2) is 24.3 Å². The molecular weight excluding hydrogens is 373 g/mol. The molecule has 6 nitrogen and oxygen atoms in total. The fourth-order valence-corrected chi connectivity index (χ4v) is 4.37. The van der Waals surface area contributed by atoms with Crippen molar-refractivity contribution in [3.8, 4) is 0 Å². The number of hydrogen-bond donors (Lipinski definition) is 1. The summed E-state index contributed by atoms with van der Waals surface area (Å²) in [6.07, 6.45) is 7.25. The number of urea groups is 1. The molecule has 1 N–H and O–H groups in total. The Morgan fingerprint density at radius 1 is 1.21 bits per heavy atom. The highest BCUT2D eigenvalue weighted by molar-refractivity contribution is 6.09. The number of carbonyl (C=O) groups is 3. The van der Waals surface area contributed by atoms with E-state index in [2.05, 4.69) is 5.32 Å². The van der Waals surface area contributed by atoms with Gasteiger partial charge in [0.1, 0.15) is 17.9 Å². The van der Waals surface area contributed by atoms with Crippen LogP contribution < -0.4 is 5.32 Å². The Morgan fingerprint density at radius 3 is 2.48 bits per heavy atom. The first-order chi connectivity index (χ1) is 13.9. The first-order valence-corrected chi connectivity index (χ1v) is 10.5. The maximum atomic E-state index is 13.4. The van der Waals surface area contributed by atoms with E-state index in [-0.39, 0.29) is 18.5 Å². The summed E-state index contributed by atoms with van der Waals surface area (Å²) in [5, 5.41) is 2.81. The quantitative estimate of drug-likeness (QED) is 0.708. The number of unbranched alkanes of at least 4 members (excludes halogenated alkanes) is 1. The van der Waals surface area contributed by atoms with Crippen molar-refractivity contribution in [3.63, 3.8) is 0 Å². The molecule has 4 amide bonds. The lowest BCUT2D eigenvalue weighted by Gasteiger charge is -2.32. The predicted octanol–water partition coefficient (Wildman–Crippen LogP) is 3.55. The Hall–Kier alpha value is -2.44. The van der Waals surface area contributed by atoms with Crippen molar-refractivity contribution in [1.82, 2.24) is 15.1 Å². The summed E-state index contributed by atoms with van der Waals surface area (Å²) in [5.74, 6) is -1.07. The third-order valence-electron chi connectivity index (χ3n) is 6.23. The maximum absolute atomic E-state index is 13.4. The summed E-state index contributed by atoms with van der Waals surface area (Å²) in [5.41, 5.74) is -0.703. The van der Waals surface area contributed by atoms with E-state index < -0.39 is 23.3 Å². The molecule has 29 heavy (non-hydrogen) atoms. The van der Waals surface area contributed by atoms with Crippen LogP contribution >= 0.6 is 0 Å². The van der Waals surface area contributed by atoms with Crippen molar-refractivity contribution < 1.29 is 18.8 Å². The summed E-state index contributed by atoms with van der Waals surface area (Å²) in [6, 6.07) is 5.23. The molecule has 1 heterocycles. The van der Waals surface area contributed by atoms with Crippen molar-refractivity contribution in [2.75, 3.05) is 13.6 Å². The fourth-order valence-electron chi connectivity index (χ4n) is 4.37. The van der Waals surface area contributed by atoms with Crippen LogP contribution in [0, 0.1) is 5.82 Å². The Balaban J connectivity index is 1.80. The van der Waals surface area contributed by atoms with Crippen LogP contribution in [0.25, 0.3) is 0 Å². The van der Waals surface area contributed by atoms with Crippen molar-refractivity contribution in [1.29, 1.82) is 0 Å². The minimum Gasteiger partial charge on any atom is -0.341 e. The molecule has 1 aliphatic carbocycles. The molecule has 1 saturated heterocycles. The average molecular weight is 403 g/mol. The molecule has 1 saturated carbocycles. The van der Waals surface area contributed by atoms with Gasteiger partial charge in [0.25, 0.3) is 5.91 Å². The highest BCUT2D eigenvalue weighted by Crippen LogP contribution is 2.34. The van der Waals surface area contributed by atoms with Crippen LogP contribution in [0.1, 0.15) is 63.9 Å². The third-order valence-corrected chi connectivity index (χ3v) is 6.23. The summed E-state index contributed by atoms with van der Waals surface area (Å²) >= 11 is 0. The van der Waals surface area contributed by atoms with Gasteiger partial charge in [-0.15, -0.1) is 0 Å². The zero-order valence-corrected chi connectivity index (χ0v) is 17.2. The predicted molar refractivity (Wildman–Crippen MR) is 107 cm³/mol. The molecule has 0 bridgehead atoms. The Kier molecular flexibility index (Phi) is 6.55. The van der Waals surface area contributed by atoms with Gasteiger partial charge in [-0.2, -0.15) is 0 Å². The van der Waals surface area contributed by atoms with E-state index in [1.165, 1.54) is 30.7 Å². The van der Waals surface area contributed by atoms with Gasteiger partial charge >= 0.3 is 6.03 Å². The molecule has 1 aliphatic heterocycles. The van der Waals surface area contributed by atoms with Gasteiger partial charge in [-0.25, -0.2) is 9.18 Å². The Labute approximate surface area is 171 Å². The highest BCUT2D eigenvalue weighted by atomic mass is 19.1. The van der Waals surface area contributed by atoms with Crippen LogP contribution in [-0.4, -0.2) is 47.3 Å². The van der Waals surface area contributed by atoms with E-state index in [4.69, 9.17) is 0 Å². The maximum Gasteiger partial charge on any atom is 0.325 e. The van der Waals surface area contributed by atoms with Gasteiger partial charge in [0.15, 0.2) is 0 Å². The molecule has 158 valence electrons. The first-order valence-electron chi connectivity index (χ1n) is 10.5. The molecule has 0 spiro atoms. The van der Waals surface area contributed by atoms with Gasteiger partial charge in [-0.3, -0.25) is 14.5 Å². The summed E-state index contributed by atoms with van der Waals surface area (Å²) in [4.78, 5) is 41.5. The number of benzene rings is 1. The molecule has 3 rings (SSSR count). The van der Waals surface area contributed by atoms with Crippen molar-refractivity contribution >= 4 is 17.8 Å². The lowest BCUT2D eigenvalue weighted by molar-refractivity contribution is -0.140. The number of amides is 4. The van der Waals surface area contributed by atoms with Gasteiger partial charge in [-0.05, 0) is 37.0 Å². The summed E-state index contributed by atoms with van der Waals surface area (Å²) in [6.45, 7) is 1.73. The topological polar surface area (TPSA) is 69.7 Å². The molecule has 1 aromatic rings. The second-order valence-electron chi connectivity index (χ2n) is 8.13. The second-order valence-corrected chi connectivity index (χ2v) is 8.13. The number of hydrogen-bond acceptors (Lipinski definition) is 3. The van der Waals surface area contributed by atoms with Gasteiger partial charge < -0.3 is 10.2 Å². The largest absolute Gasteiger partial charge is 0.341 e. The average Bonchev–Trinajstić information content (AvgIpc) is 2.97. The normalized spacial score (nSPS) is 22.7.